The van der Waals surface area contributed by atoms with Gasteiger partial charge in [0.05, 0.1) is 12.1 Å². The SMILES string of the molecule is CCC1(C(=O)N(C)C2CCCCC2O)CCCC1. The summed E-state index contributed by atoms with van der Waals surface area (Å²) in [6, 6.07) is 0.0512. The lowest BCUT2D eigenvalue weighted by atomic mass is 9.80. The highest BCUT2D eigenvalue weighted by Gasteiger charge is 2.43. The number of aliphatic hydroxyl groups excluding tert-OH is 1. The Morgan fingerprint density at radius 1 is 1.22 bits per heavy atom. The zero-order valence-corrected chi connectivity index (χ0v) is 11.8. The van der Waals surface area contributed by atoms with Crippen LogP contribution in [0.5, 0.6) is 0 Å². The summed E-state index contributed by atoms with van der Waals surface area (Å²) in [6.45, 7) is 2.13. The van der Waals surface area contributed by atoms with Gasteiger partial charge in [-0.1, -0.05) is 32.6 Å². The molecule has 1 N–H and O–H groups in total. The summed E-state index contributed by atoms with van der Waals surface area (Å²) in [5, 5.41) is 10.1. The van der Waals surface area contributed by atoms with Gasteiger partial charge in [-0.15, -0.1) is 0 Å². The van der Waals surface area contributed by atoms with Gasteiger partial charge in [-0.3, -0.25) is 4.79 Å². The molecule has 2 aliphatic carbocycles. The lowest BCUT2D eigenvalue weighted by Crippen LogP contribution is -2.51. The van der Waals surface area contributed by atoms with Crippen LogP contribution in [0.2, 0.25) is 0 Å². The Hall–Kier alpha value is -0.570. The Morgan fingerprint density at radius 3 is 2.39 bits per heavy atom. The number of aliphatic hydroxyl groups is 1. The second-order valence-corrected chi connectivity index (χ2v) is 6.18. The van der Waals surface area contributed by atoms with E-state index in [4.69, 9.17) is 0 Å². The maximum Gasteiger partial charge on any atom is 0.228 e. The minimum Gasteiger partial charge on any atom is -0.391 e. The molecule has 0 heterocycles. The number of likely N-dealkylation sites (N-methyl/N-ethyl adjacent to an activating group) is 1. The predicted octanol–water partition coefficient (Wildman–Crippen LogP) is 2.72. The molecule has 0 aromatic rings. The molecule has 0 aromatic heterocycles. The standard InChI is InChI=1S/C15H27NO2/c1-3-15(10-6-7-11-15)14(18)16(2)12-8-4-5-9-13(12)17/h12-13,17H,3-11H2,1-2H3. The third kappa shape index (κ3) is 2.42. The zero-order chi connectivity index (χ0) is 13.2. The van der Waals surface area contributed by atoms with Crippen molar-refractivity contribution < 1.29 is 9.90 Å². The molecule has 2 saturated carbocycles. The first-order chi connectivity index (χ1) is 8.60. The summed E-state index contributed by atoms with van der Waals surface area (Å²) in [7, 11) is 1.90. The first-order valence-corrected chi connectivity index (χ1v) is 7.56. The summed E-state index contributed by atoms with van der Waals surface area (Å²) >= 11 is 0. The van der Waals surface area contributed by atoms with E-state index in [1.54, 1.807) is 0 Å². The van der Waals surface area contributed by atoms with Crippen molar-refractivity contribution in [2.45, 2.75) is 76.9 Å². The molecule has 0 aromatic carbocycles. The van der Waals surface area contributed by atoms with E-state index in [0.717, 1.165) is 44.9 Å². The van der Waals surface area contributed by atoms with Gasteiger partial charge in [0.2, 0.25) is 5.91 Å². The average Bonchev–Trinajstić information content (AvgIpc) is 2.87. The van der Waals surface area contributed by atoms with E-state index in [1.807, 2.05) is 11.9 Å². The minimum atomic E-state index is -0.317. The van der Waals surface area contributed by atoms with E-state index in [0.29, 0.717) is 0 Å². The van der Waals surface area contributed by atoms with E-state index in [-0.39, 0.29) is 23.5 Å². The second kappa shape index (κ2) is 5.60. The van der Waals surface area contributed by atoms with Crippen molar-refractivity contribution in [2.24, 2.45) is 5.41 Å². The number of amides is 1. The molecule has 2 aliphatic rings. The summed E-state index contributed by atoms with van der Waals surface area (Å²) in [5.74, 6) is 0.286. The van der Waals surface area contributed by atoms with Gasteiger partial charge in [0, 0.05) is 12.5 Å². The monoisotopic (exact) mass is 253 g/mol. The molecule has 0 saturated heterocycles. The van der Waals surface area contributed by atoms with Crippen molar-refractivity contribution in [2.75, 3.05) is 7.05 Å². The topological polar surface area (TPSA) is 40.5 Å². The van der Waals surface area contributed by atoms with Crippen molar-refractivity contribution in [3.05, 3.63) is 0 Å². The highest BCUT2D eigenvalue weighted by atomic mass is 16.3. The summed E-state index contributed by atoms with van der Waals surface area (Å²) in [4.78, 5) is 14.6. The Kier molecular flexibility index (Phi) is 4.31. The van der Waals surface area contributed by atoms with Crippen LogP contribution in [0.15, 0.2) is 0 Å². The van der Waals surface area contributed by atoms with E-state index in [2.05, 4.69) is 6.92 Å². The van der Waals surface area contributed by atoms with Gasteiger partial charge < -0.3 is 10.0 Å². The van der Waals surface area contributed by atoms with Crippen LogP contribution in [0.25, 0.3) is 0 Å². The molecule has 1 amide bonds. The first kappa shape index (κ1) is 13.9. The fourth-order valence-corrected chi connectivity index (χ4v) is 3.84. The van der Waals surface area contributed by atoms with E-state index in [1.165, 1.54) is 12.8 Å². The molecular weight excluding hydrogens is 226 g/mol. The number of nitrogens with zero attached hydrogens (tertiary/aromatic N) is 1. The van der Waals surface area contributed by atoms with Gasteiger partial charge in [-0.25, -0.2) is 0 Å². The van der Waals surface area contributed by atoms with Crippen molar-refractivity contribution >= 4 is 5.91 Å². The second-order valence-electron chi connectivity index (χ2n) is 6.18. The zero-order valence-electron chi connectivity index (χ0n) is 11.8. The third-order valence-corrected chi connectivity index (χ3v) is 5.20. The molecule has 0 bridgehead atoms. The highest BCUT2D eigenvalue weighted by Crippen LogP contribution is 2.43. The fraction of sp³-hybridized carbons (Fsp3) is 0.933. The molecule has 0 aliphatic heterocycles. The van der Waals surface area contributed by atoms with Crippen LogP contribution in [0.3, 0.4) is 0 Å². The predicted molar refractivity (Wildman–Crippen MR) is 72.2 cm³/mol. The van der Waals surface area contributed by atoms with Crippen LogP contribution in [-0.4, -0.2) is 35.1 Å². The summed E-state index contributed by atoms with van der Waals surface area (Å²) < 4.78 is 0. The molecule has 18 heavy (non-hydrogen) atoms. The number of carbonyl (C=O) groups excluding carboxylic acids is 1. The lowest BCUT2D eigenvalue weighted by Gasteiger charge is -2.40. The van der Waals surface area contributed by atoms with Crippen molar-refractivity contribution in [1.29, 1.82) is 0 Å². The Labute approximate surface area is 111 Å². The highest BCUT2D eigenvalue weighted by molar-refractivity contribution is 5.83. The van der Waals surface area contributed by atoms with Crippen LogP contribution >= 0.6 is 0 Å². The average molecular weight is 253 g/mol. The number of rotatable bonds is 3. The van der Waals surface area contributed by atoms with Gasteiger partial charge >= 0.3 is 0 Å². The summed E-state index contributed by atoms with van der Waals surface area (Å²) in [5.41, 5.74) is -0.119. The quantitative estimate of drug-likeness (QED) is 0.840. The van der Waals surface area contributed by atoms with E-state index in [9.17, 15) is 9.90 Å². The largest absolute Gasteiger partial charge is 0.391 e. The van der Waals surface area contributed by atoms with Crippen LogP contribution in [0, 0.1) is 5.41 Å². The van der Waals surface area contributed by atoms with Crippen LogP contribution < -0.4 is 0 Å². The third-order valence-electron chi connectivity index (χ3n) is 5.20. The molecular formula is C15H27NO2. The van der Waals surface area contributed by atoms with Crippen molar-refractivity contribution in [3.63, 3.8) is 0 Å². The number of hydrogen-bond donors (Lipinski definition) is 1. The lowest BCUT2D eigenvalue weighted by molar-refractivity contribution is -0.146. The number of hydrogen-bond acceptors (Lipinski definition) is 2. The van der Waals surface area contributed by atoms with Gasteiger partial charge in [-0.05, 0) is 32.1 Å². The van der Waals surface area contributed by atoms with Gasteiger partial charge in [0.15, 0.2) is 0 Å². The van der Waals surface area contributed by atoms with Crippen LogP contribution in [0.4, 0.5) is 0 Å². The van der Waals surface area contributed by atoms with Gasteiger partial charge in [0.25, 0.3) is 0 Å². The van der Waals surface area contributed by atoms with Crippen LogP contribution in [-0.2, 0) is 4.79 Å². The molecule has 0 spiro atoms. The molecule has 2 atom stereocenters. The van der Waals surface area contributed by atoms with Crippen molar-refractivity contribution in [3.8, 4) is 0 Å². The molecule has 104 valence electrons. The molecule has 2 rings (SSSR count). The molecule has 2 unspecified atom stereocenters. The summed E-state index contributed by atoms with van der Waals surface area (Å²) in [6.07, 6.45) is 9.11. The molecule has 3 nitrogen and oxygen atoms in total. The van der Waals surface area contributed by atoms with Gasteiger partial charge in [0.1, 0.15) is 0 Å². The van der Waals surface area contributed by atoms with Gasteiger partial charge in [-0.2, -0.15) is 0 Å². The van der Waals surface area contributed by atoms with Crippen molar-refractivity contribution in [1.82, 2.24) is 4.90 Å². The van der Waals surface area contributed by atoms with E-state index < -0.39 is 0 Å². The normalized spacial score (nSPS) is 31.3. The Balaban J connectivity index is 2.07. The molecule has 3 heteroatoms. The van der Waals surface area contributed by atoms with E-state index >= 15 is 0 Å². The van der Waals surface area contributed by atoms with Crippen LogP contribution in [0.1, 0.15) is 64.7 Å². The first-order valence-electron chi connectivity index (χ1n) is 7.56. The minimum absolute atomic E-state index is 0.0512. The molecule has 2 fully saturated rings. The fourth-order valence-electron chi connectivity index (χ4n) is 3.84. The Morgan fingerprint density at radius 2 is 1.83 bits per heavy atom. The smallest absolute Gasteiger partial charge is 0.228 e. The molecule has 0 radical (unpaired) electrons. The maximum absolute atomic E-state index is 12.8. The maximum atomic E-state index is 12.8. The Bertz CT molecular complexity index is 297. The number of carbonyl (C=O) groups is 1.